The average molecular weight is 264 g/mol. The van der Waals surface area contributed by atoms with Crippen molar-refractivity contribution in [3.8, 4) is 5.75 Å². The van der Waals surface area contributed by atoms with Gasteiger partial charge in [-0.05, 0) is 62.8 Å². The molecule has 3 atom stereocenters. The van der Waals surface area contributed by atoms with Crippen LogP contribution >= 0.6 is 0 Å². The van der Waals surface area contributed by atoms with Crippen molar-refractivity contribution in [1.82, 2.24) is 5.32 Å². The van der Waals surface area contributed by atoms with Crippen LogP contribution < -0.4 is 15.8 Å². The van der Waals surface area contributed by atoms with Crippen LogP contribution in [0.2, 0.25) is 0 Å². The number of hydrogen-bond acceptors (Lipinski definition) is 4. The lowest BCUT2D eigenvalue weighted by Gasteiger charge is -2.26. The predicted molar refractivity (Wildman–Crippen MR) is 76.1 cm³/mol. The highest BCUT2D eigenvalue weighted by Gasteiger charge is 2.22. The fourth-order valence-electron chi connectivity index (χ4n) is 2.63. The van der Waals surface area contributed by atoms with Crippen molar-refractivity contribution < 1.29 is 9.84 Å². The third kappa shape index (κ3) is 3.26. The van der Waals surface area contributed by atoms with Crippen LogP contribution in [0.25, 0.3) is 0 Å². The van der Waals surface area contributed by atoms with Gasteiger partial charge in [0.25, 0.3) is 0 Å². The number of nitrogens with two attached hydrogens (primary N) is 1. The first-order valence-corrected chi connectivity index (χ1v) is 6.96. The van der Waals surface area contributed by atoms with Crippen LogP contribution in [0.3, 0.4) is 0 Å². The molecule has 0 aromatic heterocycles. The Labute approximate surface area is 115 Å². The number of aliphatic hydroxyl groups excluding tert-OH is 1. The number of ether oxygens (including phenoxy) is 1. The van der Waals surface area contributed by atoms with Gasteiger partial charge in [-0.15, -0.1) is 0 Å². The summed E-state index contributed by atoms with van der Waals surface area (Å²) >= 11 is 0. The third-order valence-corrected chi connectivity index (χ3v) is 3.60. The molecule has 1 aliphatic rings. The number of aryl methyl sites for hydroxylation is 1. The molecule has 1 aromatic rings. The second-order valence-corrected chi connectivity index (χ2v) is 5.43. The minimum absolute atomic E-state index is 0.224. The molecule has 0 aliphatic heterocycles. The van der Waals surface area contributed by atoms with E-state index in [4.69, 9.17) is 10.5 Å². The molecule has 0 bridgehead atoms. The molecule has 2 rings (SSSR count). The van der Waals surface area contributed by atoms with Crippen LogP contribution in [0.5, 0.6) is 5.75 Å². The first kappa shape index (κ1) is 14.3. The molecule has 3 unspecified atom stereocenters. The Kier molecular flexibility index (Phi) is 4.45. The minimum Gasteiger partial charge on any atom is -0.472 e. The summed E-state index contributed by atoms with van der Waals surface area (Å²) in [6.07, 6.45) is 2.03. The van der Waals surface area contributed by atoms with Gasteiger partial charge < -0.3 is 15.6 Å². The standard InChI is InChI=1S/C15H24N2O2/c1-9-7-8-14(13-6-4-5-12(9)13)19-15(10(2)18)17-11(3)16/h7-8,10-11,15,17-18H,4-6,16H2,1-3H3. The molecule has 4 nitrogen and oxygen atoms in total. The van der Waals surface area contributed by atoms with Gasteiger partial charge in [-0.1, -0.05) is 6.07 Å². The molecule has 0 heterocycles. The lowest BCUT2D eigenvalue weighted by molar-refractivity contribution is 0.0204. The molecule has 1 aromatic carbocycles. The van der Waals surface area contributed by atoms with Crippen LogP contribution in [0.15, 0.2) is 12.1 Å². The SMILES string of the molecule is Cc1ccc(OC(NC(C)N)C(C)O)c2c1CCC2. The van der Waals surface area contributed by atoms with Crippen molar-refractivity contribution in [2.45, 2.75) is 58.5 Å². The number of benzene rings is 1. The number of aliphatic hydroxyl groups is 1. The van der Waals surface area contributed by atoms with Gasteiger partial charge >= 0.3 is 0 Å². The molecule has 0 amide bonds. The van der Waals surface area contributed by atoms with Gasteiger partial charge in [-0.2, -0.15) is 0 Å². The van der Waals surface area contributed by atoms with Crippen molar-refractivity contribution in [1.29, 1.82) is 0 Å². The monoisotopic (exact) mass is 264 g/mol. The van der Waals surface area contributed by atoms with Gasteiger partial charge in [-0.25, -0.2) is 0 Å². The van der Waals surface area contributed by atoms with E-state index in [1.54, 1.807) is 6.92 Å². The Morgan fingerprint density at radius 2 is 1.95 bits per heavy atom. The lowest BCUT2D eigenvalue weighted by atomic mass is 10.0. The largest absolute Gasteiger partial charge is 0.472 e. The third-order valence-electron chi connectivity index (χ3n) is 3.60. The van der Waals surface area contributed by atoms with Crippen LogP contribution in [-0.2, 0) is 12.8 Å². The first-order valence-electron chi connectivity index (χ1n) is 6.96. The molecular weight excluding hydrogens is 240 g/mol. The van der Waals surface area contributed by atoms with Crippen molar-refractivity contribution in [2.24, 2.45) is 5.73 Å². The summed E-state index contributed by atoms with van der Waals surface area (Å²) in [5.41, 5.74) is 9.74. The summed E-state index contributed by atoms with van der Waals surface area (Å²) in [4.78, 5) is 0. The molecule has 4 N–H and O–H groups in total. The highest BCUT2D eigenvalue weighted by Crippen LogP contribution is 2.33. The van der Waals surface area contributed by atoms with E-state index in [9.17, 15) is 5.11 Å². The van der Waals surface area contributed by atoms with Gasteiger partial charge in [0.1, 0.15) is 11.9 Å². The second-order valence-electron chi connectivity index (χ2n) is 5.43. The van der Waals surface area contributed by atoms with Crippen molar-refractivity contribution >= 4 is 0 Å². The zero-order valence-corrected chi connectivity index (χ0v) is 11.9. The molecule has 0 fully saturated rings. The topological polar surface area (TPSA) is 67.5 Å². The Bertz CT molecular complexity index is 444. The summed E-state index contributed by atoms with van der Waals surface area (Å²) in [5, 5.41) is 12.8. The Balaban J connectivity index is 2.20. The number of rotatable bonds is 5. The van der Waals surface area contributed by atoms with Crippen LogP contribution in [-0.4, -0.2) is 23.6 Å². The van der Waals surface area contributed by atoms with Crippen LogP contribution in [0.1, 0.15) is 37.0 Å². The highest BCUT2D eigenvalue weighted by molar-refractivity contribution is 5.47. The molecule has 1 aliphatic carbocycles. The van der Waals surface area contributed by atoms with Gasteiger partial charge in [0, 0.05) is 0 Å². The van der Waals surface area contributed by atoms with Crippen molar-refractivity contribution in [3.63, 3.8) is 0 Å². The van der Waals surface area contributed by atoms with E-state index in [0.717, 1.165) is 18.6 Å². The highest BCUT2D eigenvalue weighted by atomic mass is 16.5. The molecule has 0 saturated carbocycles. The average Bonchev–Trinajstić information content (AvgIpc) is 2.81. The summed E-state index contributed by atoms with van der Waals surface area (Å²) < 4.78 is 5.94. The maximum atomic E-state index is 9.78. The maximum absolute atomic E-state index is 9.78. The summed E-state index contributed by atoms with van der Waals surface area (Å²) in [7, 11) is 0. The van der Waals surface area contributed by atoms with Crippen molar-refractivity contribution in [2.75, 3.05) is 0 Å². The van der Waals surface area contributed by atoms with E-state index in [2.05, 4.69) is 18.3 Å². The van der Waals surface area contributed by atoms with Crippen molar-refractivity contribution in [3.05, 3.63) is 28.8 Å². The van der Waals surface area contributed by atoms with E-state index in [-0.39, 0.29) is 6.17 Å². The molecule has 0 spiro atoms. The second kappa shape index (κ2) is 5.90. The smallest absolute Gasteiger partial charge is 0.177 e. The number of nitrogens with one attached hydrogen (secondary N) is 1. The van der Waals surface area contributed by atoms with Crippen LogP contribution in [0, 0.1) is 6.92 Å². The quantitative estimate of drug-likeness (QED) is 0.704. The Morgan fingerprint density at radius 3 is 2.58 bits per heavy atom. The minimum atomic E-state index is -0.621. The molecule has 0 radical (unpaired) electrons. The van der Waals surface area contributed by atoms with Gasteiger partial charge in [0.2, 0.25) is 0 Å². The predicted octanol–water partition coefficient (Wildman–Crippen LogP) is 1.46. The Hall–Kier alpha value is -1.10. The number of fused-ring (bicyclic) bond motifs is 1. The zero-order valence-electron chi connectivity index (χ0n) is 11.9. The lowest BCUT2D eigenvalue weighted by Crippen LogP contribution is -2.50. The molecule has 0 saturated heterocycles. The van der Waals surface area contributed by atoms with Gasteiger partial charge in [-0.3, -0.25) is 5.32 Å². The molecular formula is C15H24N2O2. The van der Waals surface area contributed by atoms with Crippen LogP contribution in [0.4, 0.5) is 0 Å². The fourth-order valence-corrected chi connectivity index (χ4v) is 2.63. The summed E-state index contributed by atoms with van der Waals surface area (Å²) in [6.45, 7) is 5.67. The van der Waals surface area contributed by atoms with E-state index in [0.29, 0.717) is 0 Å². The molecule has 19 heavy (non-hydrogen) atoms. The fraction of sp³-hybridized carbons (Fsp3) is 0.600. The van der Waals surface area contributed by atoms with E-state index in [1.807, 2.05) is 13.0 Å². The van der Waals surface area contributed by atoms with E-state index in [1.165, 1.54) is 23.1 Å². The summed E-state index contributed by atoms with van der Waals surface area (Å²) in [6, 6.07) is 4.09. The molecule has 106 valence electrons. The zero-order chi connectivity index (χ0) is 14.0. The first-order chi connectivity index (χ1) is 8.99. The number of hydrogen-bond donors (Lipinski definition) is 3. The normalized spacial score (nSPS) is 18.8. The van der Waals surface area contributed by atoms with Gasteiger partial charge in [0.05, 0.1) is 6.17 Å². The maximum Gasteiger partial charge on any atom is 0.177 e. The van der Waals surface area contributed by atoms with E-state index >= 15 is 0 Å². The summed E-state index contributed by atoms with van der Waals surface area (Å²) in [5.74, 6) is 0.872. The molecule has 4 heteroatoms. The Morgan fingerprint density at radius 1 is 1.26 bits per heavy atom. The van der Waals surface area contributed by atoms with E-state index < -0.39 is 12.3 Å². The van der Waals surface area contributed by atoms with Gasteiger partial charge in [0.15, 0.2) is 6.23 Å².